The van der Waals surface area contributed by atoms with Crippen LogP contribution >= 0.6 is 0 Å². The molecule has 0 bridgehead atoms. The van der Waals surface area contributed by atoms with E-state index in [1.54, 1.807) is 24.3 Å². The molecule has 1 spiro atoms. The van der Waals surface area contributed by atoms with Crippen LogP contribution in [0, 0.1) is 5.92 Å². The zero-order valence-corrected chi connectivity index (χ0v) is 19.5. The van der Waals surface area contributed by atoms with Gasteiger partial charge in [0.25, 0.3) is 11.8 Å². The third-order valence-electron chi connectivity index (χ3n) is 6.90. The number of amides is 5. The van der Waals surface area contributed by atoms with E-state index in [4.69, 9.17) is 0 Å². The van der Waals surface area contributed by atoms with Crippen LogP contribution in [-0.4, -0.2) is 40.7 Å². The Hall–Kier alpha value is -3.68. The van der Waals surface area contributed by atoms with Gasteiger partial charge in [0.05, 0.1) is 17.3 Å². The lowest BCUT2D eigenvalue weighted by atomic mass is 9.73. The number of rotatable bonds is 6. The van der Waals surface area contributed by atoms with Crippen LogP contribution in [0.25, 0.3) is 0 Å². The average Bonchev–Trinajstić information content (AvgIpc) is 3.06. The predicted molar refractivity (Wildman–Crippen MR) is 128 cm³/mol. The first kappa shape index (κ1) is 23.5. The van der Waals surface area contributed by atoms with Gasteiger partial charge in [-0.1, -0.05) is 62.2 Å². The van der Waals surface area contributed by atoms with E-state index in [9.17, 15) is 19.2 Å². The molecule has 1 aliphatic carbocycles. The number of imide groups is 1. The lowest BCUT2D eigenvalue weighted by Crippen LogP contribution is -2.54. The van der Waals surface area contributed by atoms with Crippen LogP contribution in [0.2, 0.25) is 0 Å². The van der Waals surface area contributed by atoms with Gasteiger partial charge in [-0.3, -0.25) is 19.3 Å². The lowest BCUT2D eigenvalue weighted by Gasteiger charge is -2.36. The Kier molecular flexibility index (Phi) is 6.68. The number of anilines is 1. The molecule has 3 N–H and O–H groups in total. The van der Waals surface area contributed by atoms with Crippen LogP contribution in [0.3, 0.4) is 0 Å². The van der Waals surface area contributed by atoms with Crippen LogP contribution in [-0.2, 0) is 9.59 Å². The van der Waals surface area contributed by atoms with E-state index in [-0.39, 0.29) is 23.8 Å². The molecular weight excluding hydrogens is 432 g/mol. The minimum absolute atomic E-state index is 0.0155. The number of nitrogens with zero attached hydrogens (tertiary/aromatic N) is 1. The van der Waals surface area contributed by atoms with Gasteiger partial charge in [-0.05, 0) is 43.4 Å². The van der Waals surface area contributed by atoms with Crippen LogP contribution in [0.5, 0.6) is 0 Å². The van der Waals surface area contributed by atoms with Gasteiger partial charge in [-0.2, -0.15) is 0 Å². The first-order chi connectivity index (χ1) is 16.3. The monoisotopic (exact) mass is 462 g/mol. The molecule has 2 fully saturated rings. The fourth-order valence-electron chi connectivity index (χ4n) is 4.86. The highest BCUT2D eigenvalue weighted by Crippen LogP contribution is 2.38. The van der Waals surface area contributed by atoms with E-state index in [2.05, 4.69) is 16.0 Å². The van der Waals surface area contributed by atoms with Crippen molar-refractivity contribution in [1.29, 1.82) is 0 Å². The first-order valence-electron chi connectivity index (χ1n) is 11.7. The van der Waals surface area contributed by atoms with Crippen molar-refractivity contribution >= 4 is 29.4 Å². The molecule has 0 unspecified atom stereocenters. The van der Waals surface area contributed by atoms with Crippen molar-refractivity contribution in [2.75, 3.05) is 11.9 Å². The van der Waals surface area contributed by atoms with Gasteiger partial charge in [0.15, 0.2) is 0 Å². The molecule has 2 aliphatic rings. The summed E-state index contributed by atoms with van der Waals surface area (Å²) in [5, 5.41) is 8.49. The minimum atomic E-state index is -0.916. The van der Waals surface area contributed by atoms with Gasteiger partial charge in [-0.25, -0.2) is 4.79 Å². The Morgan fingerprint density at radius 3 is 2.53 bits per heavy atom. The summed E-state index contributed by atoms with van der Waals surface area (Å²) in [6.45, 7) is 3.44. The highest BCUT2D eigenvalue weighted by molar-refractivity contribution is 6.11. The van der Waals surface area contributed by atoms with Gasteiger partial charge in [-0.15, -0.1) is 0 Å². The molecule has 1 heterocycles. The predicted octanol–water partition coefficient (Wildman–Crippen LogP) is 3.62. The summed E-state index contributed by atoms with van der Waals surface area (Å²) >= 11 is 0. The molecule has 8 nitrogen and oxygen atoms in total. The Labute approximate surface area is 199 Å². The van der Waals surface area contributed by atoms with E-state index in [1.807, 2.05) is 44.2 Å². The lowest BCUT2D eigenvalue weighted by molar-refractivity contribution is -0.136. The van der Waals surface area contributed by atoms with Gasteiger partial charge in [0.1, 0.15) is 12.1 Å². The molecule has 0 radical (unpaired) electrons. The van der Waals surface area contributed by atoms with Crippen LogP contribution in [0.1, 0.15) is 61.5 Å². The molecule has 4 rings (SSSR count). The summed E-state index contributed by atoms with van der Waals surface area (Å²) in [5.74, 6) is -1.21. The Balaban J connectivity index is 1.43. The second-order valence-corrected chi connectivity index (χ2v) is 9.14. The van der Waals surface area contributed by atoms with Gasteiger partial charge < -0.3 is 16.0 Å². The third-order valence-corrected chi connectivity index (χ3v) is 6.90. The minimum Gasteiger partial charge on any atom is -0.345 e. The summed E-state index contributed by atoms with van der Waals surface area (Å²) in [4.78, 5) is 52.4. The molecule has 1 saturated heterocycles. The normalized spacial score (nSPS) is 22.9. The van der Waals surface area contributed by atoms with Crippen molar-refractivity contribution in [3.63, 3.8) is 0 Å². The molecule has 5 amide bonds. The Morgan fingerprint density at radius 1 is 1.09 bits per heavy atom. The number of hydrogen-bond acceptors (Lipinski definition) is 4. The standard InChI is InChI=1S/C26H30N4O4/c1-17-10-8-9-15-26(17)24(33)30(25(34)29-26)16-22(31)28-21-14-7-6-13-20(21)23(32)27-18(2)19-11-4-3-5-12-19/h3-7,11-14,17-18H,8-10,15-16H2,1-2H3,(H,27,32)(H,28,31)(H,29,34)/t17-,18+,26+/m1/s1. The molecule has 1 aliphatic heterocycles. The van der Waals surface area contributed by atoms with Crippen molar-refractivity contribution in [2.45, 2.75) is 51.1 Å². The van der Waals surface area contributed by atoms with Crippen LogP contribution in [0.4, 0.5) is 10.5 Å². The van der Waals surface area contributed by atoms with E-state index in [0.717, 1.165) is 29.7 Å². The molecule has 34 heavy (non-hydrogen) atoms. The highest BCUT2D eigenvalue weighted by Gasteiger charge is 2.55. The number of benzene rings is 2. The van der Waals surface area contributed by atoms with Crippen molar-refractivity contribution in [1.82, 2.24) is 15.5 Å². The average molecular weight is 463 g/mol. The number of carbonyl (C=O) groups is 4. The maximum atomic E-state index is 13.1. The van der Waals surface area contributed by atoms with Gasteiger partial charge >= 0.3 is 6.03 Å². The first-order valence-corrected chi connectivity index (χ1v) is 11.7. The SMILES string of the molecule is C[C@H](NC(=O)c1ccccc1NC(=O)CN1C(=O)N[C@]2(CCCC[C@H]2C)C1=O)c1ccccc1. The molecule has 3 atom stereocenters. The second kappa shape index (κ2) is 9.67. The Bertz CT molecular complexity index is 1100. The number of nitrogens with one attached hydrogen (secondary N) is 3. The van der Waals surface area contributed by atoms with Crippen molar-refractivity contribution in [2.24, 2.45) is 5.92 Å². The quantitative estimate of drug-likeness (QED) is 0.570. The van der Waals surface area contributed by atoms with E-state index < -0.39 is 24.0 Å². The van der Waals surface area contributed by atoms with E-state index in [0.29, 0.717) is 17.7 Å². The van der Waals surface area contributed by atoms with Gasteiger partial charge in [0, 0.05) is 0 Å². The summed E-state index contributed by atoms with van der Waals surface area (Å²) in [6, 6.07) is 15.5. The van der Waals surface area contributed by atoms with E-state index >= 15 is 0 Å². The molecule has 2 aromatic carbocycles. The Morgan fingerprint density at radius 2 is 1.79 bits per heavy atom. The summed E-state index contributed by atoms with van der Waals surface area (Å²) in [7, 11) is 0. The van der Waals surface area contributed by atoms with Crippen molar-refractivity contribution < 1.29 is 19.2 Å². The fourth-order valence-corrected chi connectivity index (χ4v) is 4.86. The molecule has 0 aromatic heterocycles. The maximum absolute atomic E-state index is 13.1. The third kappa shape index (κ3) is 4.53. The number of carbonyl (C=O) groups excluding carboxylic acids is 4. The highest BCUT2D eigenvalue weighted by atomic mass is 16.2. The zero-order chi connectivity index (χ0) is 24.3. The fraction of sp³-hybridized carbons (Fsp3) is 0.385. The molecule has 8 heteroatoms. The largest absolute Gasteiger partial charge is 0.345 e. The smallest absolute Gasteiger partial charge is 0.325 e. The van der Waals surface area contributed by atoms with Crippen LogP contribution < -0.4 is 16.0 Å². The molecule has 1 saturated carbocycles. The zero-order valence-electron chi connectivity index (χ0n) is 19.5. The summed E-state index contributed by atoms with van der Waals surface area (Å²) in [6.07, 6.45) is 3.32. The van der Waals surface area contributed by atoms with E-state index in [1.165, 1.54) is 0 Å². The number of para-hydroxylation sites is 1. The summed E-state index contributed by atoms with van der Waals surface area (Å²) < 4.78 is 0. The molecule has 2 aromatic rings. The number of hydrogen-bond donors (Lipinski definition) is 3. The second-order valence-electron chi connectivity index (χ2n) is 9.14. The summed E-state index contributed by atoms with van der Waals surface area (Å²) in [5.41, 5.74) is 0.661. The van der Waals surface area contributed by atoms with Crippen molar-refractivity contribution in [3.8, 4) is 0 Å². The maximum Gasteiger partial charge on any atom is 0.325 e. The number of urea groups is 1. The van der Waals surface area contributed by atoms with Crippen molar-refractivity contribution in [3.05, 3.63) is 65.7 Å². The van der Waals surface area contributed by atoms with Crippen LogP contribution in [0.15, 0.2) is 54.6 Å². The topological polar surface area (TPSA) is 108 Å². The van der Waals surface area contributed by atoms with Gasteiger partial charge in [0.2, 0.25) is 5.91 Å². The molecular formula is C26H30N4O4. The molecule has 178 valence electrons.